The van der Waals surface area contributed by atoms with Crippen LogP contribution in [0.25, 0.3) is 11.3 Å². The molecule has 4 amide bonds. The maximum Gasteiger partial charge on any atom is 0.282 e. The molecule has 0 spiro atoms. The van der Waals surface area contributed by atoms with Gasteiger partial charge in [0.15, 0.2) is 0 Å². The van der Waals surface area contributed by atoms with E-state index in [1.165, 1.54) is 16.8 Å². The molecule has 212 valence electrons. The van der Waals surface area contributed by atoms with Crippen molar-refractivity contribution in [2.24, 2.45) is 5.92 Å². The third-order valence-corrected chi connectivity index (χ3v) is 7.89. The third kappa shape index (κ3) is 4.74. The number of imide groups is 2. The number of aromatic nitrogens is 3. The summed E-state index contributed by atoms with van der Waals surface area (Å²) in [6, 6.07) is 4.92. The Labute approximate surface area is 231 Å². The largest absolute Gasteiger partial charge is 0.385 e. The molecule has 0 bridgehead atoms. The third-order valence-electron chi connectivity index (χ3n) is 7.89. The summed E-state index contributed by atoms with van der Waals surface area (Å²) in [6.45, 7) is 2.15. The van der Waals surface area contributed by atoms with Gasteiger partial charge in [-0.2, -0.15) is 5.10 Å². The average Bonchev–Trinajstić information content (AvgIpc) is 3.43. The maximum absolute atomic E-state index is 13.8. The fourth-order valence-electron chi connectivity index (χ4n) is 5.69. The molecule has 3 aliphatic rings. The van der Waals surface area contributed by atoms with Crippen LogP contribution in [0.3, 0.4) is 0 Å². The van der Waals surface area contributed by atoms with Gasteiger partial charge < -0.3 is 5.32 Å². The summed E-state index contributed by atoms with van der Waals surface area (Å²) < 4.78 is 42.5. The van der Waals surface area contributed by atoms with Crippen molar-refractivity contribution in [1.29, 1.82) is 0 Å². The fraction of sp³-hybridized carbons (Fsp3) is 0.357. The minimum absolute atomic E-state index is 0.0467. The molecule has 1 atom stereocenters. The van der Waals surface area contributed by atoms with Gasteiger partial charge in [0.25, 0.3) is 18.2 Å². The van der Waals surface area contributed by atoms with E-state index in [1.807, 2.05) is 0 Å². The Bertz CT molecular complexity index is 1600. The van der Waals surface area contributed by atoms with Crippen molar-refractivity contribution in [2.45, 2.75) is 51.1 Å². The van der Waals surface area contributed by atoms with E-state index in [1.54, 1.807) is 25.3 Å². The van der Waals surface area contributed by atoms with Crippen LogP contribution in [-0.2, 0) is 9.59 Å². The molecule has 1 unspecified atom stereocenters. The topological polar surface area (TPSA) is 126 Å². The number of aryl methyl sites for hydroxylation is 1. The molecule has 2 aliphatic heterocycles. The molecule has 41 heavy (non-hydrogen) atoms. The van der Waals surface area contributed by atoms with Crippen molar-refractivity contribution in [3.05, 3.63) is 64.9 Å². The lowest BCUT2D eigenvalue weighted by molar-refractivity contribution is -0.136. The van der Waals surface area contributed by atoms with Crippen molar-refractivity contribution in [1.82, 2.24) is 25.0 Å². The van der Waals surface area contributed by atoms with Crippen LogP contribution in [0.1, 0.15) is 70.1 Å². The molecule has 13 heteroatoms. The van der Waals surface area contributed by atoms with Gasteiger partial charge in [-0.05, 0) is 61.9 Å². The summed E-state index contributed by atoms with van der Waals surface area (Å²) in [7, 11) is 0. The number of benzene rings is 1. The van der Waals surface area contributed by atoms with Crippen molar-refractivity contribution >= 4 is 29.3 Å². The number of alkyl halides is 2. The molecule has 2 N–H and O–H groups in total. The van der Waals surface area contributed by atoms with E-state index in [2.05, 4.69) is 20.7 Å². The molecule has 2 fully saturated rings. The smallest absolute Gasteiger partial charge is 0.282 e. The quantitative estimate of drug-likeness (QED) is 0.417. The Morgan fingerprint density at radius 3 is 2.54 bits per heavy atom. The lowest BCUT2D eigenvalue weighted by Gasteiger charge is -2.35. The van der Waals surface area contributed by atoms with Gasteiger partial charge in [-0.25, -0.2) is 13.2 Å². The van der Waals surface area contributed by atoms with Gasteiger partial charge in [-0.1, -0.05) is 0 Å². The van der Waals surface area contributed by atoms with Crippen molar-refractivity contribution in [3.63, 3.8) is 0 Å². The van der Waals surface area contributed by atoms with Crippen LogP contribution < -0.4 is 10.6 Å². The molecule has 0 radical (unpaired) electrons. The molecule has 3 aromatic rings. The molecule has 10 nitrogen and oxygen atoms in total. The van der Waals surface area contributed by atoms with Gasteiger partial charge in [0.1, 0.15) is 17.6 Å². The zero-order chi connectivity index (χ0) is 29.0. The molecule has 1 saturated heterocycles. The number of carbonyl (C=O) groups is 4. The lowest BCUT2D eigenvalue weighted by Crippen LogP contribution is -2.54. The summed E-state index contributed by atoms with van der Waals surface area (Å²) in [5, 5.41) is 9.56. The van der Waals surface area contributed by atoms with E-state index in [9.17, 15) is 32.3 Å². The van der Waals surface area contributed by atoms with Crippen LogP contribution in [0.4, 0.5) is 18.9 Å². The van der Waals surface area contributed by atoms with Crippen LogP contribution in [-0.4, -0.2) is 55.9 Å². The molecular weight excluding hydrogens is 541 g/mol. The number of hydrogen-bond acceptors (Lipinski definition) is 7. The molecule has 1 saturated carbocycles. The monoisotopic (exact) mass is 566 g/mol. The minimum Gasteiger partial charge on any atom is -0.385 e. The Morgan fingerprint density at radius 2 is 1.83 bits per heavy atom. The number of carbonyl (C=O) groups excluding carboxylic acids is 4. The highest BCUT2D eigenvalue weighted by Gasteiger charge is 2.44. The number of amides is 4. The van der Waals surface area contributed by atoms with Gasteiger partial charge in [-0.15, -0.1) is 0 Å². The second-order valence-corrected chi connectivity index (χ2v) is 10.6. The first-order valence-electron chi connectivity index (χ1n) is 13.2. The normalized spacial score (nSPS) is 22.2. The zero-order valence-electron chi connectivity index (χ0n) is 21.9. The number of hydrogen-bond donors (Lipinski definition) is 2. The van der Waals surface area contributed by atoms with Crippen LogP contribution in [0.2, 0.25) is 0 Å². The number of rotatable bonds is 7. The van der Waals surface area contributed by atoms with E-state index in [0.717, 1.165) is 11.1 Å². The highest BCUT2D eigenvalue weighted by atomic mass is 19.3. The van der Waals surface area contributed by atoms with Crippen molar-refractivity contribution in [2.75, 3.05) is 11.9 Å². The predicted molar refractivity (Wildman–Crippen MR) is 138 cm³/mol. The molecule has 4 heterocycles. The second kappa shape index (κ2) is 10.1. The van der Waals surface area contributed by atoms with Crippen LogP contribution in [0.5, 0.6) is 0 Å². The molecule has 6 rings (SSSR count). The Kier molecular flexibility index (Phi) is 6.59. The van der Waals surface area contributed by atoms with Crippen LogP contribution >= 0.6 is 0 Å². The highest BCUT2D eigenvalue weighted by Crippen LogP contribution is 2.40. The number of nitrogens with zero attached hydrogens (tertiary/aromatic N) is 4. The number of piperidine rings is 1. The van der Waals surface area contributed by atoms with Crippen molar-refractivity contribution in [3.8, 4) is 11.3 Å². The first-order valence-corrected chi connectivity index (χ1v) is 13.2. The van der Waals surface area contributed by atoms with Crippen LogP contribution in [0.15, 0.2) is 36.7 Å². The number of fused-ring (bicyclic) bond motifs is 1. The number of nitrogens with one attached hydrogen (secondary N) is 2. The Morgan fingerprint density at radius 1 is 1.07 bits per heavy atom. The average molecular weight is 567 g/mol. The SMILES string of the molecule is Cc1cc(F)cnc1-c1cn(C2CC(CNc3ccc4c(c3)C(=O)N(C3CCC(=O)NC3=O)C4=O)C2)nc1C(F)F. The zero-order valence-corrected chi connectivity index (χ0v) is 21.9. The Balaban J connectivity index is 1.09. The summed E-state index contributed by atoms with van der Waals surface area (Å²) in [4.78, 5) is 54.5. The lowest BCUT2D eigenvalue weighted by atomic mass is 9.80. The van der Waals surface area contributed by atoms with Crippen molar-refractivity contribution < 1.29 is 32.3 Å². The predicted octanol–water partition coefficient (Wildman–Crippen LogP) is 3.79. The summed E-state index contributed by atoms with van der Waals surface area (Å²) in [6.07, 6.45) is 1.22. The molecule has 2 aromatic heterocycles. The fourth-order valence-corrected chi connectivity index (χ4v) is 5.69. The van der Waals surface area contributed by atoms with Gasteiger partial charge in [0.2, 0.25) is 11.8 Å². The summed E-state index contributed by atoms with van der Waals surface area (Å²) in [5.74, 6) is -2.59. The van der Waals surface area contributed by atoms with Gasteiger partial charge in [-0.3, -0.25) is 39.1 Å². The summed E-state index contributed by atoms with van der Waals surface area (Å²) in [5.41, 5.74) is 1.51. The second-order valence-electron chi connectivity index (χ2n) is 10.6. The van der Waals surface area contributed by atoms with E-state index >= 15 is 0 Å². The van der Waals surface area contributed by atoms with E-state index in [0.29, 0.717) is 30.6 Å². The van der Waals surface area contributed by atoms with Gasteiger partial charge >= 0.3 is 0 Å². The van der Waals surface area contributed by atoms with E-state index in [-0.39, 0.29) is 47.2 Å². The first-order chi connectivity index (χ1) is 19.6. The molecule has 1 aliphatic carbocycles. The maximum atomic E-state index is 13.8. The molecular formula is C28H25F3N6O4. The first kappa shape index (κ1) is 26.7. The number of anilines is 1. The Hall–Kier alpha value is -4.55. The summed E-state index contributed by atoms with van der Waals surface area (Å²) >= 11 is 0. The van der Waals surface area contributed by atoms with E-state index in [4.69, 9.17) is 0 Å². The molecule has 1 aromatic carbocycles. The van der Waals surface area contributed by atoms with Gasteiger partial charge in [0, 0.05) is 30.4 Å². The number of pyridine rings is 1. The van der Waals surface area contributed by atoms with E-state index < -0.39 is 47.6 Å². The minimum atomic E-state index is -2.81. The highest BCUT2D eigenvalue weighted by molar-refractivity contribution is 6.23. The standard InChI is InChI=1S/C28H25F3N6O4/c1-13-6-15(29)11-33-23(13)20-12-36(35-24(20)25(30)31)17-7-14(8-17)10-32-16-2-3-18-19(9-16)28(41)37(27(18)40)21-4-5-22(38)34-26(21)39/h2-3,6,9,11-12,14,17,21,25,32H,4-5,7-8,10H2,1H3,(H,34,38,39). The van der Waals surface area contributed by atoms with Gasteiger partial charge in [0.05, 0.1) is 29.1 Å². The number of halogens is 3. The van der Waals surface area contributed by atoms with Crippen LogP contribution in [0, 0.1) is 18.7 Å².